The lowest BCUT2D eigenvalue weighted by Gasteiger charge is -2.36. The van der Waals surface area contributed by atoms with Crippen molar-refractivity contribution in [3.63, 3.8) is 0 Å². The molecule has 2 unspecified atom stereocenters. The van der Waals surface area contributed by atoms with Crippen molar-refractivity contribution in [1.29, 1.82) is 0 Å². The molecular weight excluding hydrogens is 264 g/mol. The minimum atomic E-state index is -0.197. The van der Waals surface area contributed by atoms with Crippen LogP contribution in [0.2, 0.25) is 0 Å². The molecule has 0 bridgehead atoms. The topological polar surface area (TPSA) is 58.6 Å². The van der Waals surface area contributed by atoms with Crippen LogP contribution in [-0.4, -0.2) is 48.6 Å². The minimum absolute atomic E-state index is 0.0355. The van der Waals surface area contributed by atoms with E-state index in [2.05, 4.69) is 5.32 Å². The van der Waals surface area contributed by atoms with Gasteiger partial charge in [0.25, 0.3) is 5.91 Å². The fraction of sp³-hybridized carbons (Fsp3) is 0.538. The second-order valence-corrected chi connectivity index (χ2v) is 5.65. The van der Waals surface area contributed by atoms with Gasteiger partial charge in [0.15, 0.2) is 0 Å². The van der Waals surface area contributed by atoms with Gasteiger partial charge in [-0.05, 0) is 25.3 Å². The van der Waals surface area contributed by atoms with Crippen molar-refractivity contribution in [2.45, 2.75) is 26.0 Å². The van der Waals surface area contributed by atoms with E-state index in [9.17, 15) is 9.59 Å². The van der Waals surface area contributed by atoms with Crippen LogP contribution in [0.1, 0.15) is 23.5 Å². The van der Waals surface area contributed by atoms with Gasteiger partial charge in [-0.25, -0.2) is 0 Å². The molecule has 1 saturated heterocycles. The van der Waals surface area contributed by atoms with Crippen LogP contribution in [0.15, 0.2) is 17.5 Å². The summed E-state index contributed by atoms with van der Waals surface area (Å²) in [6, 6.07) is 3.61. The SMILES string of the molecule is CC1CN(C(=O)CNC(=O)c2cccs2)C(C)CO1. The number of carbonyl (C=O) groups excluding carboxylic acids is 2. The van der Waals surface area contributed by atoms with Crippen LogP contribution >= 0.6 is 11.3 Å². The summed E-state index contributed by atoms with van der Waals surface area (Å²) in [5, 5.41) is 4.49. The molecule has 1 fully saturated rings. The average Bonchev–Trinajstić information content (AvgIpc) is 2.92. The van der Waals surface area contributed by atoms with Crippen molar-refractivity contribution < 1.29 is 14.3 Å². The number of nitrogens with one attached hydrogen (secondary N) is 1. The zero-order chi connectivity index (χ0) is 13.8. The highest BCUT2D eigenvalue weighted by Gasteiger charge is 2.27. The van der Waals surface area contributed by atoms with Crippen LogP contribution in [0.5, 0.6) is 0 Å². The third-order valence-electron chi connectivity index (χ3n) is 3.07. The molecule has 0 radical (unpaired) electrons. The highest BCUT2D eigenvalue weighted by molar-refractivity contribution is 7.12. The highest BCUT2D eigenvalue weighted by atomic mass is 32.1. The van der Waals surface area contributed by atoms with Crippen LogP contribution in [-0.2, 0) is 9.53 Å². The molecule has 0 aromatic carbocycles. The molecule has 1 aliphatic heterocycles. The van der Waals surface area contributed by atoms with E-state index in [1.165, 1.54) is 11.3 Å². The van der Waals surface area contributed by atoms with E-state index < -0.39 is 0 Å². The van der Waals surface area contributed by atoms with Crippen LogP contribution in [0.25, 0.3) is 0 Å². The highest BCUT2D eigenvalue weighted by Crippen LogP contribution is 2.11. The summed E-state index contributed by atoms with van der Waals surface area (Å²) in [6.45, 7) is 5.05. The third kappa shape index (κ3) is 3.54. The lowest BCUT2D eigenvalue weighted by Crippen LogP contribution is -2.52. The standard InChI is InChI=1S/C13H18N2O3S/c1-9-8-18-10(2)7-15(9)12(16)6-14-13(17)11-4-3-5-19-11/h3-5,9-10H,6-8H2,1-2H3,(H,14,17). The second kappa shape index (κ2) is 6.16. The number of nitrogens with zero attached hydrogens (tertiary/aromatic N) is 1. The van der Waals surface area contributed by atoms with E-state index in [4.69, 9.17) is 4.74 Å². The quantitative estimate of drug-likeness (QED) is 0.903. The fourth-order valence-corrected chi connectivity index (χ4v) is 2.64. The summed E-state index contributed by atoms with van der Waals surface area (Å²) in [5.41, 5.74) is 0. The molecule has 1 aromatic rings. The van der Waals surface area contributed by atoms with Gasteiger partial charge in [-0.1, -0.05) is 6.07 Å². The first-order chi connectivity index (χ1) is 9.08. The van der Waals surface area contributed by atoms with E-state index >= 15 is 0 Å². The van der Waals surface area contributed by atoms with Crippen LogP contribution < -0.4 is 5.32 Å². The number of morpholine rings is 1. The summed E-state index contributed by atoms with van der Waals surface area (Å²) >= 11 is 1.36. The maximum atomic E-state index is 12.1. The molecular formula is C13H18N2O3S. The summed E-state index contributed by atoms with van der Waals surface area (Å²) in [5.74, 6) is -0.259. The summed E-state index contributed by atoms with van der Waals surface area (Å²) in [4.78, 5) is 26.2. The lowest BCUT2D eigenvalue weighted by molar-refractivity contribution is -0.142. The van der Waals surface area contributed by atoms with E-state index in [1.54, 1.807) is 11.0 Å². The van der Waals surface area contributed by atoms with Crippen molar-refractivity contribution >= 4 is 23.2 Å². The number of ether oxygens (including phenoxy) is 1. The van der Waals surface area contributed by atoms with Crippen molar-refractivity contribution in [3.05, 3.63) is 22.4 Å². The second-order valence-electron chi connectivity index (χ2n) is 4.70. The first kappa shape index (κ1) is 14.0. The Bertz CT molecular complexity index is 447. The summed E-state index contributed by atoms with van der Waals surface area (Å²) in [7, 11) is 0. The molecule has 0 aliphatic carbocycles. The largest absolute Gasteiger partial charge is 0.375 e. The van der Waals surface area contributed by atoms with Gasteiger partial charge in [-0.15, -0.1) is 11.3 Å². The number of amides is 2. The first-order valence-electron chi connectivity index (χ1n) is 6.30. The molecule has 104 valence electrons. The summed E-state index contributed by atoms with van der Waals surface area (Å²) < 4.78 is 5.48. The Morgan fingerprint density at radius 2 is 2.32 bits per heavy atom. The van der Waals surface area contributed by atoms with Crippen LogP contribution in [0.4, 0.5) is 0 Å². The molecule has 1 N–H and O–H groups in total. The van der Waals surface area contributed by atoms with E-state index in [-0.39, 0.29) is 30.5 Å². The average molecular weight is 282 g/mol. The van der Waals surface area contributed by atoms with Gasteiger partial charge in [0.05, 0.1) is 30.2 Å². The molecule has 1 aromatic heterocycles. The third-order valence-corrected chi connectivity index (χ3v) is 3.94. The number of hydrogen-bond donors (Lipinski definition) is 1. The predicted molar refractivity (Wildman–Crippen MR) is 73.2 cm³/mol. The van der Waals surface area contributed by atoms with Gasteiger partial charge in [-0.2, -0.15) is 0 Å². The number of thiophene rings is 1. The van der Waals surface area contributed by atoms with Crippen molar-refractivity contribution in [3.8, 4) is 0 Å². The van der Waals surface area contributed by atoms with E-state index in [0.29, 0.717) is 18.0 Å². The molecule has 2 heterocycles. The number of carbonyl (C=O) groups is 2. The van der Waals surface area contributed by atoms with E-state index in [1.807, 2.05) is 25.3 Å². The van der Waals surface area contributed by atoms with Crippen LogP contribution in [0.3, 0.4) is 0 Å². The Hall–Kier alpha value is -1.40. The first-order valence-corrected chi connectivity index (χ1v) is 7.18. The van der Waals surface area contributed by atoms with Gasteiger partial charge in [0.1, 0.15) is 0 Å². The smallest absolute Gasteiger partial charge is 0.261 e. The Morgan fingerprint density at radius 1 is 1.53 bits per heavy atom. The Kier molecular flexibility index (Phi) is 4.55. The molecule has 2 amide bonds. The lowest BCUT2D eigenvalue weighted by atomic mass is 10.2. The Balaban J connectivity index is 1.85. The Labute approximate surface area is 116 Å². The molecule has 6 heteroatoms. The molecule has 1 aliphatic rings. The van der Waals surface area contributed by atoms with Gasteiger partial charge in [-0.3, -0.25) is 9.59 Å². The van der Waals surface area contributed by atoms with Crippen LogP contribution in [0, 0.1) is 0 Å². The molecule has 2 rings (SSSR count). The number of hydrogen-bond acceptors (Lipinski definition) is 4. The Morgan fingerprint density at radius 3 is 3.00 bits per heavy atom. The monoisotopic (exact) mass is 282 g/mol. The molecule has 0 saturated carbocycles. The molecule has 5 nitrogen and oxygen atoms in total. The molecule has 0 spiro atoms. The maximum absolute atomic E-state index is 12.1. The van der Waals surface area contributed by atoms with Gasteiger partial charge in [0, 0.05) is 6.54 Å². The molecule has 19 heavy (non-hydrogen) atoms. The maximum Gasteiger partial charge on any atom is 0.261 e. The minimum Gasteiger partial charge on any atom is -0.375 e. The van der Waals surface area contributed by atoms with Gasteiger partial charge < -0.3 is 15.0 Å². The van der Waals surface area contributed by atoms with Gasteiger partial charge >= 0.3 is 0 Å². The van der Waals surface area contributed by atoms with Crippen molar-refractivity contribution in [2.24, 2.45) is 0 Å². The summed E-state index contributed by atoms with van der Waals surface area (Å²) in [6.07, 6.45) is 0.0492. The van der Waals surface area contributed by atoms with Crippen molar-refractivity contribution in [2.75, 3.05) is 19.7 Å². The fourth-order valence-electron chi connectivity index (χ4n) is 2.00. The predicted octanol–water partition coefficient (Wildman–Crippen LogP) is 1.11. The van der Waals surface area contributed by atoms with E-state index in [0.717, 1.165) is 0 Å². The molecule has 2 atom stereocenters. The van der Waals surface area contributed by atoms with Gasteiger partial charge in [0.2, 0.25) is 5.91 Å². The zero-order valence-corrected chi connectivity index (χ0v) is 11.9. The zero-order valence-electron chi connectivity index (χ0n) is 11.1. The number of rotatable bonds is 3. The van der Waals surface area contributed by atoms with Crippen molar-refractivity contribution in [1.82, 2.24) is 10.2 Å². The normalized spacial score (nSPS) is 23.2.